The van der Waals surface area contributed by atoms with E-state index in [1.165, 1.54) is 23.1 Å². The van der Waals surface area contributed by atoms with Crippen LogP contribution < -0.4 is 9.62 Å². The summed E-state index contributed by atoms with van der Waals surface area (Å²) in [5.74, 6) is -1.72. The Morgan fingerprint density at radius 1 is 0.947 bits per heavy atom. The summed E-state index contributed by atoms with van der Waals surface area (Å²) >= 11 is 0. The number of aryl methyl sites for hydroxylation is 1. The molecule has 9 heteroatoms. The number of nitrogens with zero attached hydrogens (tertiary/aromatic N) is 2. The van der Waals surface area contributed by atoms with Gasteiger partial charge in [-0.05, 0) is 36.6 Å². The molecule has 3 aromatic carbocycles. The van der Waals surface area contributed by atoms with Gasteiger partial charge in [-0.15, -0.1) is 0 Å². The second kappa shape index (κ2) is 13.2. The standard InChI is InChI=1S/C29H34FN3O4S/c1-4-17-31-29(35)27(19-23-12-6-5-7-13-23)32(20-24-14-10-11-22(2)18-24)28(34)21-33(38(3,36)37)26-16-9-8-15-25(26)30/h5-16,18,27H,4,17,19-21H2,1-3H3,(H,31,35)/t27-/m0/s1. The van der Waals surface area contributed by atoms with Crippen LogP contribution in [0, 0.1) is 12.7 Å². The molecule has 0 bridgehead atoms. The smallest absolute Gasteiger partial charge is 0.244 e. The molecular formula is C29H34FN3O4S. The number of halogens is 1. The minimum absolute atomic E-state index is 0.0758. The molecule has 0 radical (unpaired) electrons. The monoisotopic (exact) mass is 539 g/mol. The van der Waals surface area contributed by atoms with E-state index < -0.39 is 34.3 Å². The lowest BCUT2D eigenvalue weighted by atomic mass is 10.0. The first-order valence-electron chi connectivity index (χ1n) is 12.5. The van der Waals surface area contributed by atoms with Gasteiger partial charge in [-0.2, -0.15) is 0 Å². The quantitative estimate of drug-likeness (QED) is 0.376. The van der Waals surface area contributed by atoms with E-state index in [0.29, 0.717) is 13.0 Å². The molecule has 1 N–H and O–H groups in total. The van der Waals surface area contributed by atoms with Crippen LogP contribution in [0.1, 0.15) is 30.0 Å². The summed E-state index contributed by atoms with van der Waals surface area (Å²) in [6, 6.07) is 21.3. The molecule has 0 aliphatic heterocycles. The number of rotatable bonds is 12. The number of hydrogen-bond donors (Lipinski definition) is 1. The van der Waals surface area contributed by atoms with E-state index >= 15 is 0 Å². The fourth-order valence-corrected chi connectivity index (χ4v) is 5.03. The molecule has 7 nitrogen and oxygen atoms in total. The molecule has 202 valence electrons. The molecule has 38 heavy (non-hydrogen) atoms. The average Bonchev–Trinajstić information content (AvgIpc) is 2.88. The number of benzene rings is 3. The van der Waals surface area contributed by atoms with Gasteiger partial charge in [0, 0.05) is 19.5 Å². The molecule has 3 aromatic rings. The predicted octanol–water partition coefficient (Wildman–Crippen LogP) is 4.07. The van der Waals surface area contributed by atoms with E-state index in [1.54, 1.807) is 0 Å². The third-order valence-corrected chi connectivity index (χ3v) is 7.18. The van der Waals surface area contributed by atoms with Crippen LogP contribution in [0.4, 0.5) is 10.1 Å². The van der Waals surface area contributed by atoms with Gasteiger partial charge in [0.1, 0.15) is 18.4 Å². The first-order chi connectivity index (χ1) is 18.1. The second-order valence-electron chi connectivity index (χ2n) is 9.23. The molecule has 0 fully saturated rings. The highest BCUT2D eigenvalue weighted by Crippen LogP contribution is 2.23. The zero-order valence-corrected chi connectivity index (χ0v) is 22.7. The first kappa shape index (κ1) is 28.8. The number of hydrogen-bond acceptors (Lipinski definition) is 4. The van der Waals surface area contributed by atoms with Gasteiger partial charge in [-0.3, -0.25) is 13.9 Å². The highest BCUT2D eigenvalue weighted by atomic mass is 32.2. The number of carbonyl (C=O) groups excluding carboxylic acids is 2. The molecular weight excluding hydrogens is 505 g/mol. The van der Waals surface area contributed by atoms with E-state index in [-0.39, 0.29) is 24.6 Å². The van der Waals surface area contributed by atoms with Crippen molar-refractivity contribution < 1.29 is 22.4 Å². The van der Waals surface area contributed by atoms with Gasteiger partial charge < -0.3 is 10.2 Å². The maximum atomic E-state index is 14.6. The van der Waals surface area contributed by atoms with Gasteiger partial charge in [0.25, 0.3) is 0 Å². The van der Waals surface area contributed by atoms with Crippen molar-refractivity contribution in [1.82, 2.24) is 10.2 Å². The highest BCUT2D eigenvalue weighted by molar-refractivity contribution is 7.92. The lowest BCUT2D eigenvalue weighted by Gasteiger charge is -2.33. The SMILES string of the molecule is CCCNC(=O)[C@H](Cc1ccccc1)N(Cc1cccc(C)c1)C(=O)CN(c1ccccc1F)S(C)(=O)=O. The minimum Gasteiger partial charge on any atom is -0.354 e. The number of para-hydroxylation sites is 1. The Bertz CT molecular complexity index is 1350. The Morgan fingerprint density at radius 3 is 2.24 bits per heavy atom. The lowest BCUT2D eigenvalue weighted by molar-refractivity contribution is -0.140. The zero-order valence-electron chi connectivity index (χ0n) is 21.9. The number of carbonyl (C=O) groups is 2. The second-order valence-corrected chi connectivity index (χ2v) is 11.1. The Balaban J connectivity index is 2.05. The first-order valence-corrected chi connectivity index (χ1v) is 14.3. The van der Waals surface area contributed by atoms with Gasteiger partial charge in [0.05, 0.1) is 11.9 Å². The Labute approximate surface area is 224 Å². The zero-order chi connectivity index (χ0) is 27.7. The molecule has 3 rings (SSSR count). The van der Waals surface area contributed by atoms with E-state index in [2.05, 4.69) is 5.32 Å². The maximum absolute atomic E-state index is 14.6. The van der Waals surface area contributed by atoms with Crippen LogP contribution in [0.15, 0.2) is 78.9 Å². The van der Waals surface area contributed by atoms with Crippen LogP contribution in [0.5, 0.6) is 0 Å². The molecule has 0 spiro atoms. The summed E-state index contributed by atoms with van der Waals surface area (Å²) in [4.78, 5) is 28.7. The molecule has 0 saturated carbocycles. The van der Waals surface area contributed by atoms with Crippen LogP contribution >= 0.6 is 0 Å². The molecule has 0 aromatic heterocycles. The highest BCUT2D eigenvalue weighted by Gasteiger charge is 2.33. The number of anilines is 1. The van der Waals surface area contributed by atoms with Crippen molar-refractivity contribution in [3.05, 3.63) is 101 Å². The molecule has 0 unspecified atom stereocenters. The van der Waals surface area contributed by atoms with Gasteiger partial charge in [-0.25, -0.2) is 12.8 Å². The van der Waals surface area contributed by atoms with Crippen molar-refractivity contribution in [2.75, 3.05) is 23.7 Å². The van der Waals surface area contributed by atoms with Gasteiger partial charge in [-0.1, -0.05) is 79.2 Å². The third-order valence-electron chi connectivity index (χ3n) is 6.06. The third kappa shape index (κ3) is 7.89. The number of sulfonamides is 1. The van der Waals surface area contributed by atoms with Crippen LogP contribution in [0.3, 0.4) is 0 Å². The van der Waals surface area contributed by atoms with E-state index in [0.717, 1.165) is 33.3 Å². The average molecular weight is 540 g/mol. The van der Waals surface area contributed by atoms with E-state index in [4.69, 9.17) is 0 Å². The van der Waals surface area contributed by atoms with Crippen molar-refractivity contribution in [3.8, 4) is 0 Å². The molecule has 0 aliphatic carbocycles. The Hall–Kier alpha value is -3.72. The predicted molar refractivity (Wildman–Crippen MR) is 148 cm³/mol. The van der Waals surface area contributed by atoms with Crippen molar-refractivity contribution >= 4 is 27.5 Å². The molecule has 1 atom stereocenters. The van der Waals surface area contributed by atoms with Gasteiger partial charge >= 0.3 is 0 Å². The summed E-state index contributed by atoms with van der Waals surface area (Å²) in [5.41, 5.74) is 2.39. The van der Waals surface area contributed by atoms with Crippen LogP contribution in [0.2, 0.25) is 0 Å². The Morgan fingerprint density at radius 2 is 1.61 bits per heavy atom. The summed E-state index contributed by atoms with van der Waals surface area (Å²) in [6.45, 7) is 3.71. The molecule has 2 amide bonds. The molecule has 0 saturated heterocycles. The maximum Gasteiger partial charge on any atom is 0.244 e. The fraction of sp³-hybridized carbons (Fsp3) is 0.310. The molecule has 0 heterocycles. The summed E-state index contributed by atoms with van der Waals surface area (Å²) in [5, 5.41) is 2.88. The van der Waals surface area contributed by atoms with E-state index in [1.807, 2.05) is 68.4 Å². The van der Waals surface area contributed by atoms with Crippen molar-refractivity contribution in [2.45, 2.75) is 39.3 Å². The lowest BCUT2D eigenvalue weighted by Crippen LogP contribution is -2.53. The normalized spacial score (nSPS) is 12.0. The van der Waals surface area contributed by atoms with Gasteiger partial charge in [0.2, 0.25) is 21.8 Å². The van der Waals surface area contributed by atoms with Crippen molar-refractivity contribution in [3.63, 3.8) is 0 Å². The largest absolute Gasteiger partial charge is 0.354 e. The van der Waals surface area contributed by atoms with E-state index in [9.17, 15) is 22.4 Å². The summed E-state index contributed by atoms with van der Waals surface area (Å²) in [6.07, 6.45) is 1.87. The van der Waals surface area contributed by atoms with Crippen LogP contribution in [-0.4, -0.2) is 50.5 Å². The number of nitrogens with one attached hydrogen (secondary N) is 1. The summed E-state index contributed by atoms with van der Waals surface area (Å²) < 4.78 is 40.8. The van der Waals surface area contributed by atoms with Crippen LogP contribution in [0.25, 0.3) is 0 Å². The minimum atomic E-state index is -4.02. The topological polar surface area (TPSA) is 86.8 Å². The molecule has 0 aliphatic rings. The van der Waals surface area contributed by atoms with Crippen molar-refractivity contribution in [2.24, 2.45) is 0 Å². The Kier molecular flexibility index (Phi) is 10.0. The summed E-state index contributed by atoms with van der Waals surface area (Å²) in [7, 11) is -4.02. The fourth-order valence-electron chi connectivity index (χ4n) is 4.18. The number of amides is 2. The van der Waals surface area contributed by atoms with Crippen molar-refractivity contribution in [1.29, 1.82) is 0 Å². The van der Waals surface area contributed by atoms with Gasteiger partial charge in [0.15, 0.2) is 0 Å². The van der Waals surface area contributed by atoms with Crippen LogP contribution in [-0.2, 0) is 32.6 Å².